The maximum Gasteiger partial charge on any atom is 0.272 e. The van der Waals surface area contributed by atoms with Gasteiger partial charge in [-0.05, 0) is 23.7 Å². The topological polar surface area (TPSA) is 76.7 Å². The average molecular weight is 280 g/mol. The molecule has 0 saturated carbocycles. The van der Waals surface area contributed by atoms with Crippen LogP contribution in [0, 0.1) is 4.77 Å². The standard InChI is InChI=1S/C10H8N4O2S2/c15-9-8-6(2-4-18-8)13-10(17)14(9)3-1-7-11-5-12-16-7/h2,4-5H,1,3H2,(H,13,17). The van der Waals surface area contributed by atoms with Gasteiger partial charge in [-0.1, -0.05) is 5.16 Å². The van der Waals surface area contributed by atoms with Crippen LogP contribution in [-0.4, -0.2) is 19.7 Å². The van der Waals surface area contributed by atoms with E-state index < -0.39 is 0 Å². The summed E-state index contributed by atoms with van der Waals surface area (Å²) in [6.07, 6.45) is 1.82. The number of aryl methyl sites for hydroxylation is 1. The maximum atomic E-state index is 12.2. The van der Waals surface area contributed by atoms with Crippen molar-refractivity contribution in [2.24, 2.45) is 0 Å². The van der Waals surface area contributed by atoms with Crippen molar-refractivity contribution in [3.63, 3.8) is 0 Å². The van der Waals surface area contributed by atoms with Crippen LogP contribution in [0.4, 0.5) is 0 Å². The predicted octanol–water partition coefficient (Wildman–Crippen LogP) is 1.75. The molecule has 0 spiro atoms. The summed E-state index contributed by atoms with van der Waals surface area (Å²) in [6.45, 7) is 0.421. The molecule has 0 aliphatic carbocycles. The van der Waals surface area contributed by atoms with E-state index in [1.807, 2.05) is 11.4 Å². The number of nitrogens with one attached hydrogen (secondary N) is 1. The van der Waals surface area contributed by atoms with Crippen molar-refractivity contribution in [2.75, 3.05) is 0 Å². The summed E-state index contributed by atoms with van der Waals surface area (Å²) in [5, 5.41) is 5.38. The van der Waals surface area contributed by atoms with Gasteiger partial charge >= 0.3 is 0 Å². The number of nitrogens with zero attached hydrogens (tertiary/aromatic N) is 3. The molecule has 0 aromatic carbocycles. The van der Waals surface area contributed by atoms with Crippen LogP contribution in [0.15, 0.2) is 27.1 Å². The second-order valence-corrected chi connectivity index (χ2v) is 4.94. The zero-order valence-electron chi connectivity index (χ0n) is 9.12. The first kappa shape index (κ1) is 11.3. The number of rotatable bonds is 3. The van der Waals surface area contributed by atoms with E-state index in [1.54, 1.807) is 0 Å². The highest BCUT2D eigenvalue weighted by Gasteiger charge is 2.08. The molecule has 3 aromatic heterocycles. The Balaban J connectivity index is 2.01. The zero-order chi connectivity index (χ0) is 12.5. The summed E-state index contributed by atoms with van der Waals surface area (Å²) < 4.78 is 7.48. The molecule has 92 valence electrons. The van der Waals surface area contributed by atoms with Crippen molar-refractivity contribution in [1.29, 1.82) is 0 Å². The van der Waals surface area contributed by atoms with Crippen molar-refractivity contribution in [3.8, 4) is 0 Å². The van der Waals surface area contributed by atoms with E-state index in [0.717, 1.165) is 5.52 Å². The van der Waals surface area contributed by atoms with Crippen molar-refractivity contribution < 1.29 is 4.52 Å². The fourth-order valence-electron chi connectivity index (χ4n) is 1.69. The molecule has 0 amide bonds. The molecule has 0 fully saturated rings. The van der Waals surface area contributed by atoms with E-state index in [4.69, 9.17) is 16.7 Å². The van der Waals surface area contributed by atoms with Crippen molar-refractivity contribution in [3.05, 3.63) is 38.8 Å². The Morgan fingerprint density at radius 1 is 1.56 bits per heavy atom. The fourth-order valence-corrected chi connectivity index (χ4v) is 2.77. The molecule has 0 saturated heterocycles. The molecule has 0 atom stereocenters. The van der Waals surface area contributed by atoms with Crippen LogP contribution in [0.3, 0.4) is 0 Å². The Bertz CT molecular complexity index is 784. The normalized spacial score (nSPS) is 11.1. The molecule has 3 heterocycles. The lowest BCUT2D eigenvalue weighted by molar-refractivity contribution is 0.369. The molecular formula is C10H8N4O2S2. The second kappa shape index (κ2) is 4.46. The Kier molecular flexibility index (Phi) is 2.80. The smallest absolute Gasteiger partial charge is 0.272 e. The molecule has 3 aromatic rings. The van der Waals surface area contributed by atoms with Gasteiger partial charge in [-0.15, -0.1) is 11.3 Å². The van der Waals surface area contributed by atoms with Gasteiger partial charge in [-0.25, -0.2) is 0 Å². The van der Waals surface area contributed by atoms with E-state index in [1.165, 1.54) is 22.2 Å². The minimum Gasteiger partial charge on any atom is -0.340 e. The first-order chi connectivity index (χ1) is 8.75. The molecule has 0 bridgehead atoms. The van der Waals surface area contributed by atoms with Crippen molar-refractivity contribution >= 4 is 33.8 Å². The van der Waals surface area contributed by atoms with E-state index in [2.05, 4.69) is 15.1 Å². The largest absolute Gasteiger partial charge is 0.340 e. The van der Waals surface area contributed by atoms with Gasteiger partial charge in [0.1, 0.15) is 4.70 Å². The van der Waals surface area contributed by atoms with Gasteiger partial charge in [-0.3, -0.25) is 9.36 Å². The highest BCUT2D eigenvalue weighted by atomic mass is 32.1. The van der Waals surface area contributed by atoms with Crippen molar-refractivity contribution in [2.45, 2.75) is 13.0 Å². The molecule has 3 rings (SSSR count). The first-order valence-electron chi connectivity index (χ1n) is 5.21. The minimum atomic E-state index is -0.0803. The lowest BCUT2D eigenvalue weighted by Gasteiger charge is -2.03. The highest BCUT2D eigenvalue weighted by molar-refractivity contribution is 7.71. The zero-order valence-corrected chi connectivity index (χ0v) is 10.8. The van der Waals surface area contributed by atoms with Crippen LogP contribution in [0.2, 0.25) is 0 Å². The molecule has 1 N–H and O–H groups in total. The molecule has 8 heteroatoms. The number of aromatic nitrogens is 4. The third-order valence-electron chi connectivity index (χ3n) is 2.55. The molecular weight excluding hydrogens is 272 g/mol. The lowest BCUT2D eigenvalue weighted by atomic mass is 10.4. The number of H-pyrrole nitrogens is 1. The van der Waals surface area contributed by atoms with Crippen LogP contribution < -0.4 is 5.56 Å². The van der Waals surface area contributed by atoms with Crippen LogP contribution >= 0.6 is 23.6 Å². The number of fused-ring (bicyclic) bond motifs is 1. The maximum absolute atomic E-state index is 12.2. The Morgan fingerprint density at radius 2 is 2.44 bits per heavy atom. The third kappa shape index (κ3) is 1.89. The number of hydrogen-bond acceptors (Lipinski definition) is 6. The summed E-state index contributed by atoms with van der Waals surface area (Å²) in [6, 6.07) is 1.85. The van der Waals surface area contributed by atoms with E-state index in [9.17, 15) is 4.79 Å². The molecule has 0 unspecified atom stereocenters. The summed E-state index contributed by atoms with van der Waals surface area (Å²) in [5.74, 6) is 0.488. The Labute approximate surface area is 110 Å². The van der Waals surface area contributed by atoms with Gasteiger partial charge in [0.2, 0.25) is 5.89 Å². The molecule has 18 heavy (non-hydrogen) atoms. The van der Waals surface area contributed by atoms with E-state index >= 15 is 0 Å². The summed E-state index contributed by atoms with van der Waals surface area (Å²) in [5.41, 5.74) is 0.701. The number of hydrogen-bond donors (Lipinski definition) is 1. The Hall–Kier alpha value is -1.80. The van der Waals surface area contributed by atoms with E-state index in [-0.39, 0.29) is 5.56 Å². The van der Waals surface area contributed by atoms with E-state index in [0.29, 0.717) is 28.3 Å². The van der Waals surface area contributed by atoms with Gasteiger partial charge in [0, 0.05) is 13.0 Å². The first-order valence-corrected chi connectivity index (χ1v) is 6.50. The molecule has 0 aliphatic heterocycles. The third-order valence-corrected chi connectivity index (χ3v) is 3.77. The van der Waals surface area contributed by atoms with Crippen LogP contribution in [0.1, 0.15) is 5.89 Å². The summed E-state index contributed by atoms with van der Waals surface area (Å²) in [7, 11) is 0. The van der Waals surface area contributed by atoms with Gasteiger partial charge in [0.05, 0.1) is 5.52 Å². The molecule has 0 radical (unpaired) electrons. The summed E-state index contributed by atoms with van der Waals surface area (Å²) >= 11 is 6.57. The number of aromatic amines is 1. The average Bonchev–Trinajstić information content (AvgIpc) is 2.98. The Morgan fingerprint density at radius 3 is 3.22 bits per heavy atom. The molecule has 0 aliphatic rings. The highest BCUT2D eigenvalue weighted by Crippen LogP contribution is 2.13. The quantitative estimate of drug-likeness (QED) is 0.740. The van der Waals surface area contributed by atoms with Gasteiger partial charge in [0.25, 0.3) is 5.56 Å². The number of thiophene rings is 1. The SMILES string of the molecule is O=c1c2sccc2[nH]c(=S)n1CCc1ncno1. The fraction of sp³-hybridized carbons (Fsp3) is 0.200. The monoisotopic (exact) mass is 280 g/mol. The van der Waals surface area contributed by atoms with Gasteiger partial charge < -0.3 is 9.51 Å². The van der Waals surface area contributed by atoms with Crippen LogP contribution in [0.25, 0.3) is 10.2 Å². The van der Waals surface area contributed by atoms with Crippen LogP contribution in [0.5, 0.6) is 0 Å². The van der Waals surface area contributed by atoms with Gasteiger partial charge in [-0.2, -0.15) is 4.98 Å². The van der Waals surface area contributed by atoms with Gasteiger partial charge in [0.15, 0.2) is 11.1 Å². The lowest BCUT2D eigenvalue weighted by Crippen LogP contribution is -2.22. The second-order valence-electron chi connectivity index (χ2n) is 3.64. The predicted molar refractivity (Wildman–Crippen MR) is 69.3 cm³/mol. The minimum absolute atomic E-state index is 0.0803. The molecule has 6 nitrogen and oxygen atoms in total. The summed E-state index contributed by atoms with van der Waals surface area (Å²) in [4.78, 5) is 19.1. The van der Waals surface area contributed by atoms with Crippen LogP contribution in [-0.2, 0) is 13.0 Å². The van der Waals surface area contributed by atoms with Crippen molar-refractivity contribution in [1.82, 2.24) is 19.7 Å².